The topological polar surface area (TPSA) is 75.0 Å². The Morgan fingerprint density at radius 3 is 2.63 bits per heavy atom. The molecule has 2 aromatic heterocycles. The number of likely N-dealkylation sites (N-methyl/N-ethyl adjacent to an activating group) is 1. The van der Waals surface area contributed by atoms with E-state index in [1.807, 2.05) is 55.7 Å². The number of nitrogens with two attached hydrogens (primary N) is 1. The van der Waals surface area contributed by atoms with Crippen molar-refractivity contribution in [1.82, 2.24) is 14.9 Å². The van der Waals surface area contributed by atoms with Gasteiger partial charge < -0.3 is 15.6 Å². The highest BCUT2D eigenvalue weighted by atomic mass is 16.2. The van der Waals surface area contributed by atoms with Crippen molar-refractivity contribution in [3.63, 3.8) is 0 Å². The maximum Gasteiger partial charge on any atom is 0.246 e. The van der Waals surface area contributed by atoms with Gasteiger partial charge in [0, 0.05) is 42.0 Å². The van der Waals surface area contributed by atoms with E-state index in [0.717, 1.165) is 28.5 Å². The fraction of sp³-hybridized carbons (Fsp3) is 0.120. The van der Waals surface area contributed by atoms with E-state index >= 15 is 0 Å². The number of hydrogen-bond acceptors (Lipinski definition) is 3. The number of carbonyl (C=O) groups is 1. The van der Waals surface area contributed by atoms with Crippen LogP contribution in [0.4, 0.5) is 5.82 Å². The van der Waals surface area contributed by atoms with Gasteiger partial charge in [-0.15, -0.1) is 0 Å². The molecule has 0 aliphatic heterocycles. The SMILES string of the molecule is CN(C(=O)/C=C/c1ccc(N)nc1)C(Cc1ccccc1)c1c[nH]c2ccccc12. The first-order valence-corrected chi connectivity index (χ1v) is 9.88. The van der Waals surface area contributed by atoms with Crippen molar-refractivity contribution in [3.05, 3.63) is 102 Å². The van der Waals surface area contributed by atoms with Crippen molar-refractivity contribution in [3.8, 4) is 0 Å². The number of rotatable bonds is 6. The standard InChI is InChI=1S/C25H24N4O/c1-29(25(30)14-12-19-11-13-24(26)28-16-19)23(15-18-7-3-2-4-8-18)21-17-27-22-10-6-5-9-20(21)22/h2-14,16-17,23,27H,15H2,1H3,(H2,26,28)/b14-12+. The molecule has 0 aliphatic rings. The Balaban J connectivity index is 1.64. The molecule has 2 aromatic carbocycles. The number of aromatic amines is 1. The fourth-order valence-corrected chi connectivity index (χ4v) is 3.62. The summed E-state index contributed by atoms with van der Waals surface area (Å²) in [5.41, 5.74) is 9.81. The molecule has 5 nitrogen and oxygen atoms in total. The van der Waals surface area contributed by atoms with Crippen LogP contribution >= 0.6 is 0 Å². The molecule has 1 unspecified atom stereocenters. The molecule has 2 heterocycles. The first-order chi connectivity index (χ1) is 14.6. The minimum absolute atomic E-state index is 0.0713. The van der Waals surface area contributed by atoms with E-state index in [4.69, 9.17) is 5.73 Å². The third-order valence-corrected chi connectivity index (χ3v) is 5.29. The third-order valence-electron chi connectivity index (χ3n) is 5.29. The molecule has 3 N–H and O–H groups in total. The van der Waals surface area contributed by atoms with Gasteiger partial charge in [0.2, 0.25) is 5.91 Å². The van der Waals surface area contributed by atoms with Crippen LogP contribution in [0.25, 0.3) is 17.0 Å². The Labute approximate surface area is 175 Å². The number of carbonyl (C=O) groups excluding carboxylic acids is 1. The number of aromatic nitrogens is 2. The summed E-state index contributed by atoms with van der Waals surface area (Å²) in [5.74, 6) is 0.385. The van der Waals surface area contributed by atoms with Gasteiger partial charge in [-0.05, 0) is 41.8 Å². The number of amides is 1. The highest BCUT2D eigenvalue weighted by Crippen LogP contribution is 2.30. The number of fused-ring (bicyclic) bond motifs is 1. The Hall–Kier alpha value is -3.86. The molecule has 150 valence electrons. The quantitative estimate of drug-likeness (QED) is 0.468. The maximum absolute atomic E-state index is 13.0. The summed E-state index contributed by atoms with van der Waals surface area (Å²) in [6.45, 7) is 0. The molecule has 1 atom stereocenters. The van der Waals surface area contributed by atoms with Crippen LogP contribution in [0.5, 0.6) is 0 Å². The number of pyridine rings is 1. The van der Waals surface area contributed by atoms with E-state index in [-0.39, 0.29) is 11.9 Å². The zero-order chi connectivity index (χ0) is 20.9. The van der Waals surface area contributed by atoms with E-state index in [9.17, 15) is 4.79 Å². The molecule has 0 radical (unpaired) electrons. The molecule has 0 aliphatic carbocycles. The molecule has 4 aromatic rings. The largest absolute Gasteiger partial charge is 0.384 e. The highest BCUT2D eigenvalue weighted by molar-refractivity contribution is 5.92. The summed E-state index contributed by atoms with van der Waals surface area (Å²) < 4.78 is 0. The zero-order valence-electron chi connectivity index (χ0n) is 16.8. The number of nitrogen functional groups attached to an aromatic ring is 1. The number of para-hydroxylation sites is 1. The second-order valence-electron chi connectivity index (χ2n) is 7.29. The van der Waals surface area contributed by atoms with E-state index in [1.54, 1.807) is 29.3 Å². The van der Waals surface area contributed by atoms with Crippen LogP contribution < -0.4 is 5.73 Å². The van der Waals surface area contributed by atoms with Crippen LogP contribution in [0.15, 0.2) is 85.2 Å². The van der Waals surface area contributed by atoms with Gasteiger partial charge in [-0.3, -0.25) is 4.79 Å². The number of benzene rings is 2. The first kappa shape index (κ1) is 19.5. The molecule has 0 spiro atoms. The number of anilines is 1. The minimum atomic E-state index is -0.106. The zero-order valence-corrected chi connectivity index (χ0v) is 16.8. The second kappa shape index (κ2) is 8.66. The van der Waals surface area contributed by atoms with Crippen molar-refractivity contribution in [2.24, 2.45) is 0 Å². The Morgan fingerprint density at radius 1 is 1.10 bits per heavy atom. The van der Waals surface area contributed by atoms with Crippen molar-refractivity contribution in [2.45, 2.75) is 12.5 Å². The molecular formula is C25H24N4O. The van der Waals surface area contributed by atoms with Gasteiger partial charge in [0.25, 0.3) is 0 Å². The van der Waals surface area contributed by atoms with Gasteiger partial charge >= 0.3 is 0 Å². The Morgan fingerprint density at radius 2 is 1.87 bits per heavy atom. The molecule has 5 heteroatoms. The molecule has 0 saturated carbocycles. The fourth-order valence-electron chi connectivity index (χ4n) is 3.62. The second-order valence-corrected chi connectivity index (χ2v) is 7.29. The number of hydrogen-bond donors (Lipinski definition) is 2. The smallest absolute Gasteiger partial charge is 0.246 e. The van der Waals surface area contributed by atoms with Crippen molar-refractivity contribution >= 4 is 28.7 Å². The predicted molar refractivity (Wildman–Crippen MR) is 122 cm³/mol. The van der Waals surface area contributed by atoms with E-state index in [1.165, 1.54) is 5.56 Å². The van der Waals surface area contributed by atoms with Crippen molar-refractivity contribution < 1.29 is 4.79 Å². The molecule has 1 amide bonds. The number of H-pyrrole nitrogens is 1. The van der Waals surface area contributed by atoms with Crippen LogP contribution in [0.2, 0.25) is 0 Å². The van der Waals surface area contributed by atoms with Gasteiger partial charge in [0.05, 0.1) is 6.04 Å². The van der Waals surface area contributed by atoms with Crippen LogP contribution in [-0.2, 0) is 11.2 Å². The monoisotopic (exact) mass is 396 g/mol. The molecular weight excluding hydrogens is 372 g/mol. The number of nitrogens with zero attached hydrogens (tertiary/aromatic N) is 2. The maximum atomic E-state index is 13.0. The lowest BCUT2D eigenvalue weighted by Gasteiger charge is -2.27. The third kappa shape index (κ3) is 4.25. The molecule has 0 fully saturated rings. The van der Waals surface area contributed by atoms with Crippen LogP contribution in [0.3, 0.4) is 0 Å². The summed E-state index contributed by atoms with van der Waals surface area (Å²) in [4.78, 5) is 22.2. The van der Waals surface area contributed by atoms with E-state index in [2.05, 4.69) is 28.2 Å². The molecule has 4 rings (SSSR count). The lowest BCUT2D eigenvalue weighted by atomic mass is 9.97. The van der Waals surface area contributed by atoms with Crippen LogP contribution in [-0.4, -0.2) is 27.8 Å². The summed E-state index contributed by atoms with van der Waals surface area (Å²) in [7, 11) is 1.85. The van der Waals surface area contributed by atoms with E-state index < -0.39 is 0 Å². The lowest BCUT2D eigenvalue weighted by molar-refractivity contribution is -0.126. The summed E-state index contributed by atoms with van der Waals surface area (Å²) in [6, 6.07) is 21.9. The van der Waals surface area contributed by atoms with E-state index in [0.29, 0.717) is 5.82 Å². The van der Waals surface area contributed by atoms with Gasteiger partial charge in [-0.2, -0.15) is 0 Å². The van der Waals surface area contributed by atoms with Gasteiger partial charge in [-0.1, -0.05) is 48.5 Å². The summed E-state index contributed by atoms with van der Waals surface area (Å²) in [6.07, 6.45) is 7.73. The lowest BCUT2D eigenvalue weighted by Crippen LogP contribution is -2.31. The van der Waals surface area contributed by atoms with Gasteiger partial charge in [-0.25, -0.2) is 4.98 Å². The van der Waals surface area contributed by atoms with Crippen LogP contribution in [0.1, 0.15) is 22.7 Å². The first-order valence-electron chi connectivity index (χ1n) is 9.88. The van der Waals surface area contributed by atoms with Gasteiger partial charge in [0.15, 0.2) is 0 Å². The average molecular weight is 396 g/mol. The minimum Gasteiger partial charge on any atom is -0.384 e. The normalized spacial score (nSPS) is 12.3. The van der Waals surface area contributed by atoms with Gasteiger partial charge in [0.1, 0.15) is 5.82 Å². The predicted octanol–water partition coefficient (Wildman–Crippen LogP) is 4.60. The van der Waals surface area contributed by atoms with Crippen molar-refractivity contribution in [1.29, 1.82) is 0 Å². The molecule has 30 heavy (non-hydrogen) atoms. The molecule has 0 bridgehead atoms. The Kier molecular flexibility index (Phi) is 5.61. The Bertz CT molecular complexity index is 1160. The molecule has 0 saturated heterocycles. The summed E-state index contributed by atoms with van der Waals surface area (Å²) >= 11 is 0. The summed E-state index contributed by atoms with van der Waals surface area (Å²) in [5, 5.41) is 1.13. The average Bonchev–Trinajstić information content (AvgIpc) is 3.21. The highest BCUT2D eigenvalue weighted by Gasteiger charge is 2.23. The number of nitrogens with one attached hydrogen (secondary N) is 1. The van der Waals surface area contributed by atoms with Crippen molar-refractivity contribution in [2.75, 3.05) is 12.8 Å². The van der Waals surface area contributed by atoms with Crippen LogP contribution in [0, 0.1) is 0 Å².